The van der Waals surface area contributed by atoms with Crippen LogP contribution in [0.25, 0.3) is 0 Å². The molecule has 0 spiro atoms. The van der Waals surface area contributed by atoms with Gasteiger partial charge in [-0.2, -0.15) is 0 Å². The van der Waals surface area contributed by atoms with E-state index >= 15 is 0 Å². The molecule has 4 rings (SSSR count). The van der Waals surface area contributed by atoms with Gasteiger partial charge in [0.25, 0.3) is 0 Å². The molecule has 2 aromatic carbocycles. The average molecular weight is 449 g/mol. The highest BCUT2D eigenvalue weighted by Gasteiger charge is 2.42. The normalized spacial score (nSPS) is 16.9. The van der Waals surface area contributed by atoms with Crippen LogP contribution in [0, 0.1) is 6.92 Å². The summed E-state index contributed by atoms with van der Waals surface area (Å²) >= 11 is 0. The molecule has 1 aromatic heterocycles. The summed E-state index contributed by atoms with van der Waals surface area (Å²) in [5.74, 6) is 2.18. The summed E-state index contributed by atoms with van der Waals surface area (Å²) in [5, 5.41) is 20.4. The van der Waals surface area contributed by atoms with Crippen LogP contribution in [0.5, 0.6) is 5.75 Å². The number of benzene rings is 2. The van der Waals surface area contributed by atoms with Crippen molar-refractivity contribution in [1.29, 1.82) is 0 Å². The Labute approximate surface area is 194 Å². The maximum absolute atomic E-state index is 12.9. The molecule has 1 aliphatic carbocycles. The van der Waals surface area contributed by atoms with E-state index in [1.807, 2.05) is 37.3 Å². The zero-order valence-electron chi connectivity index (χ0n) is 19.5. The fourth-order valence-corrected chi connectivity index (χ4v) is 4.06. The van der Waals surface area contributed by atoms with E-state index in [0.717, 1.165) is 60.5 Å². The number of nitrogens with zero attached hydrogens (tertiary/aromatic N) is 3. The molecule has 0 bridgehead atoms. The molecule has 0 aliphatic heterocycles. The predicted molar refractivity (Wildman–Crippen MR) is 129 cm³/mol. The monoisotopic (exact) mass is 448 g/mol. The molecule has 174 valence electrons. The van der Waals surface area contributed by atoms with Gasteiger partial charge in [-0.05, 0) is 78.3 Å². The molecule has 0 unspecified atom stereocenters. The van der Waals surface area contributed by atoms with Crippen molar-refractivity contribution >= 4 is 17.4 Å². The maximum Gasteiger partial charge on any atom is 0.323 e. The summed E-state index contributed by atoms with van der Waals surface area (Å²) in [6.45, 7) is 6.88. The van der Waals surface area contributed by atoms with Gasteiger partial charge < -0.3 is 15.4 Å². The highest BCUT2D eigenvalue weighted by molar-refractivity contribution is 6.01. The van der Waals surface area contributed by atoms with E-state index < -0.39 is 0 Å². The zero-order chi connectivity index (χ0) is 23.2. The van der Waals surface area contributed by atoms with Gasteiger partial charge in [0, 0.05) is 11.6 Å². The van der Waals surface area contributed by atoms with E-state index in [1.165, 1.54) is 5.56 Å². The maximum atomic E-state index is 12.9. The van der Waals surface area contributed by atoms with Crippen LogP contribution >= 0.6 is 0 Å². The largest absolute Gasteiger partial charge is 0.491 e. The summed E-state index contributed by atoms with van der Waals surface area (Å²) in [6.07, 6.45) is 4.92. The molecule has 2 amide bonds. The van der Waals surface area contributed by atoms with E-state index in [-0.39, 0.29) is 11.9 Å². The van der Waals surface area contributed by atoms with E-state index in [9.17, 15) is 4.79 Å². The van der Waals surface area contributed by atoms with Crippen LogP contribution in [0.1, 0.15) is 73.9 Å². The van der Waals surface area contributed by atoms with E-state index in [4.69, 9.17) is 4.74 Å². The Balaban J connectivity index is 1.61. The number of tetrazole rings is 1. The fourth-order valence-electron chi connectivity index (χ4n) is 4.06. The second kappa shape index (κ2) is 10.5. The second-order valence-electron chi connectivity index (χ2n) is 8.69. The molecule has 1 fully saturated rings. The van der Waals surface area contributed by atoms with Crippen molar-refractivity contribution in [3.8, 4) is 5.75 Å². The quantitative estimate of drug-likeness (QED) is 0.377. The molecule has 3 N–H and O–H groups in total. The molecule has 8 heteroatoms. The number of urea groups is 1. The Morgan fingerprint density at radius 3 is 2.64 bits per heavy atom. The van der Waals surface area contributed by atoms with Gasteiger partial charge in [0.05, 0.1) is 12.3 Å². The lowest BCUT2D eigenvalue weighted by atomic mass is 9.99. The lowest BCUT2D eigenvalue weighted by Gasteiger charge is -2.19. The molecule has 8 nitrogen and oxygen atoms in total. The lowest BCUT2D eigenvalue weighted by molar-refractivity contribution is 0.261. The smallest absolute Gasteiger partial charge is 0.323 e. The molecule has 0 radical (unpaired) electrons. The summed E-state index contributed by atoms with van der Waals surface area (Å²) in [4.78, 5) is 12.9. The number of aryl methyl sites for hydroxylation is 2. The van der Waals surface area contributed by atoms with Crippen LogP contribution in [0.4, 0.5) is 16.2 Å². The van der Waals surface area contributed by atoms with E-state index in [2.05, 4.69) is 51.2 Å². The molecule has 3 aromatic rings. The number of hydrogen-bond donors (Lipinski definition) is 3. The first-order chi connectivity index (χ1) is 16.1. The molecular weight excluding hydrogens is 416 g/mol. The first kappa shape index (κ1) is 22.8. The molecular formula is C25H32N6O2. The van der Waals surface area contributed by atoms with Crippen LogP contribution in [-0.4, -0.2) is 33.3 Å². The molecule has 1 heterocycles. The van der Waals surface area contributed by atoms with Crippen LogP contribution in [0.3, 0.4) is 0 Å². The van der Waals surface area contributed by atoms with Crippen molar-refractivity contribution in [1.82, 2.24) is 20.6 Å². The Hall–Kier alpha value is -3.42. The summed E-state index contributed by atoms with van der Waals surface area (Å²) < 4.78 is 6.15. The van der Waals surface area contributed by atoms with Gasteiger partial charge in [0.1, 0.15) is 5.75 Å². The SMILES string of the molecule is CCCCc1cc([C@@H]2C[C@@H]2c2nnn[nH]2)cc(NC(=O)Nc2ccc(C)cc2)c1OCCC. The zero-order valence-corrected chi connectivity index (χ0v) is 19.5. The number of ether oxygens (including phenoxy) is 1. The summed E-state index contributed by atoms with van der Waals surface area (Å²) in [6, 6.07) is 11.7. The fraction of sp³-hybridized carbons (Fsp3) is 0.440. The third-order valence-corrected chi connectivity index (χ3v) is 5.93. The first-order valence-corrected chi connectivity index (χ1v) is 11.8. The third-order valence-electron chi connectivity index (χ3n) is 5.93. The van der Waals surface area contributed by atoms with Gasteiger partial charge in [-0.1, -0.05) is 44.0 Å². The lowest BCUT2D eigenvalue weighted by Crippen LogP contribution is -2.20. The minimum Gasteiger partial charge on any atom is -0.491 e. The summed E-state index contributed by atoms with van der Waals surface area (Å²) in [5.41, 5.74) is 4.91. The van der Waals surface area contributed by atoms with Crippen LogP contribution < -0.4 is 15.4 Å². The Bertz CT molecular complexity index is 1070. The number of carbonyl (C=O) groups excluding carboxylic acids is 1. The topological polar surface area (TPSA) is 105 Å². The number of aromatic nitrogens is 4. The number of carbonyl (C=O) groups is 1. The number of aromatic amines is 1. The van der Waals surface area contributed by atoms with Crippen molar-refractivity contribution in [2.24, 2.45) is 0 Å². The molecule has 1 aliphatic rings. The Kier molecular flexibility index (Phi) is 7.22. The minimum atomic E-state index is -0.287. The second-order valence-corrected chi connectivity index (χ2v) is 8.69. The van der Waals surface area contributed by atoms with Gasteiger partial charge in [-0.15, -0.1) is 5.10 Å². The number of nitrogens with one attached hydrogen (secondary N) is 3. The van der Waals surface area contributed by atoms with Crippen LogP contribution in [0.2, 0.25) is 0 Å². The highest BCUT2D eigenvalue weighted by Crippen LogP contribution is 2.54. The van der Waals surface area contributed by atoms with Gasteiger partial charge in [-0.25, -0.2) is 9.89 Å². The number of rotatable bonds is 10. The minimum absolute atomic E-state index is 0.274. The van der Waals surface area contributed by atoms with Crippen molar-refractivity contribution in [3.63, 3.8) is 0 Å². The van der Waals surface area contributed by atoms with Crippen molar-refractivity contribution in [2.75, 3.05) is 17.2 Å². The van der Waals surface area contributed by atoms with E-state index in [1.54, 1.807) is 0 Å². The number of unbranched alkanes of at least 4 members (excludes halogenated alkanes) is 1. The van der Waals surface area contributed by atoms with Gasteiger partial charge >= 0.3 is 6.03 Å². The summed E-state index contributed by atoms with van der Waals surface area (Å²) in [7, 11) is 0. The van der Waals surface area contributed by atoms with Crippen molar-refractivity contribution in [3.05, 3.63) is 58.9 Å². The number of amides is 2. The average Bonchev–Trinajstić information content (AvgIpc) is 3.42. The van der Waals surface area contributed by atoms with Crippen LogP contribution in [-0.2, 0) is 6.42 Å². The first-order valence-electron chi connectivity index (χ1n) is 11.8. The van der Waals surface area contributed by atoms with Gasteiger partial charge in [-0.3, -0.25) is 0 Å². The van der Waals surface area contributed by atoms with Gasteiger partial charge in [0.15, 0.2) is 5.82 Å². The van der Waals surface area contributed by atoms with Crippen molar-refractivity contribution < 1.29 is 9.53 Å². The molecule has 2 atom stereocenters. The number of hydrogen-bond acceptors (Lipinski definition) is 5. The standard InChI is InChI=1S/C25H32N6O2/c1-4-6-7-17-13-18(20-15-21(20)24-28-30-31-29-24)14-22(23(17)33-12-5-2)27-25(32)26-19-10-8-16(3)9-11-19/h8-11,13-14,20-21H,4-7,12,15H2,1-3H3,(H2,26,27,32)(H,28,29,30,31)/t20-,21-/m0/s1. The molecule has 0 saturated heterocycles. The van der Waals surface area contributed by atoms with Gasteiger partial charge in [0.2, 0.25) is 0 Å². The van der Waals surface area contributed by atoms with Crippen molar-refractivity contribution in [2.45, 2.75) is 64.7 Å². The number of anilines is 2. The Morgan fingerprint density at radius 2 is 1.94 bits per heavy atom. The Morgan fingerprint density at radius 1 is 1.12 bits per heavy atom. The van der Waals surface area contributed by atoms with Crippen LogP contribution in [0.15, 0.2) is 36.4 Å². The molecule has 33 heavy (non-hydrogen) atoms. The predicted octanol–water partition coefficient (Wildman–Crippen LogP) is 5.55. The third kappa shape index (κ3) is 5.69. The highest BCUT2D eigenvalue weighted by atomic mass is 16.5. The van der Waals surface area contributed by atoms with E-state index in [0.29, 0.717) is 18.2 Å². The number of H-pyrrole nitrogens is 1. The molecule has 1 saturated carbocycles.